The van der Waals surface area contributed by atoms with E-state index in [4.69, 9.17) is 4.98 Å². The van der Waals surface area contributed by atoms with Gasteiger partial charge in [0.2, 0.25) is 0 Å². The minimum Gasteiger partial charge on any atom is -0.345 e. The summed E-state index contributed by atoms with van der Waals surface area (Å²) >= 11 is 0. The zero-order valence-electron chi connectivity index (χ0n) is 10.5. The number of nitrogens with zero attached hydrogens (tertiary/aromatic N) is 1. The van der Waals surface area contributed by atoms with E-state index in [1.165, 1.54) is 17.8 Å². The van der Waals surface area contributed by atoms with E-state index in [2.05, 4.69) is 39.6 Å². The van der Waals surface area contributed by atoms with Gasteiger partial charge < -0.3 is 4.98 Å². The summed E-state index contributed by atoms with van der Waals surface area (Å²) < 4.78 is 0. The average molecular weight is 206 g/mol. The van der Waals surface area contributed by atoms with Gasteiger partial charge in [0.25, 0.3) is 0 Å². The topological polar surface area (TPSA) is 28.7 Å². The molecule has 0 saturated heterocycles. The predicted octanol–water partition coefficient (Wildman–Crippen LogP) is 3.08. The zero-order valence-corrected chi connectivity index (χ0v) is 10.5. The number of rotatable bonds is 0. The van der Waals surface area contributed by atoms with E-state index in [1.54, 1.807) is 0 Å². The lowest BCUT2D eigenvalue weighted by molar-refractivity contribution is 0.355. The Balaban J connectivity index is 2.33. The van der Waals surface area contributed by atoms with Gasteiger partial charge in [-0.1, -0.05) is 34.6 Å². The molecule has 0 amide bonds. The van der Waals surface area contributed by atoms with Crippen LogP contribution in [0.15, 0.2) is 0 Å². The Hall–Kier alpha value is -0.790. The van der Waals surface area contributed by atoms with Crippen molar-refractivity contribution in [2.45, 2.75) is 52.9 Å². The first-order valence-corrected chi connectivity index (χ1v) is 5.96. The van der Waals surface area contributed by atoms with Gasteiger partial charge in [0.05, 0.1) is 5.69 Å². The fraction of sp³-hybridized carbons (Fsp3) is 0.769. The van der Waals surface area contributed by atoms with Gasteiger partial charge in [-0.3, -0.25) is 0 Å². The second kappa shape index (κ2) is 3.36. The molecule has 0 saturated carbocycles. The molecule has 1 aliphatic carbocycles. The van der Waals surface area contributed by atoms with Crippen LogP contribution in [0.5, 0.6) is 0 Å². The predicted molar refractivity (Wildman–Crippen MR) is 63.0 cm³/mol. The van der Waals surface area contributed by atoms with Crippen LogP contribution in [0.1, 0.15) is 51.8 Å². The third-order valence-electron chi connectivity index (χ3n) is 3.59. The second-order valence-electron chi connectivity index (χ2n) is 6.12. The lowest BCUT2D eigenvalue weighted by atomic mass is 9.82. The Labute approximate surface area is 92.5 Å². The summed E-state index contributed by atoms with van der Waals surface area (Å²) in [7, 11) is 0. The van der Waals surface area contributed by atoms with Gasteiger partial charge in [0.1, 0.15) is 5.82 Å². The summed E-state index contributed by atoms with van der Waals surface area (Å²) in [6.45, 7) is 11.3. The Morgan fingerprint density at radius 2 is 1.73 bits per heavy atom. The molecular weight excluding hydrogens is 184 g/mol. The van der Waals surface area contributed by atoms with Crippen LogP contribution in [0.3, 0.4) is 0 Å². The lowest BCUT2D eigenvalue weighted by Gasteiger charge is -2.24. The molecule has 0 spiro atoms. The lowest BCUT2D eigenvalue weighted by Crippen LogP contribution is -2.20. The molecule has 15 heavy (non-hydrogen) atoms. The van der Waals surface area contributed by atoms with Gasteiger partial charge in [-0.15, -0.1) is 0 Å². The first-order chi connectivity index (χ1) is 6.88. The SMILES string of the molecule is CC1Cc2nc(C(C)(C)C)[nH]c2CC1C. The standard InChI is InChI=1S/C13H22N2/c1-8-6-10-11(7-9(8)2)15-12(14-10)13(3,4)5/h8-9H,6-7H2,1-5H3,(H,14,15). The molecule has 1 aliphatic rings. The molecule has 2 atom stereocenters. The second-order valence-corrected chi connectivity index (χ2v) is 6.12. The number of aromatic amines is 1. The molecule has 2 nitrogen and oxygen atoms in total. The van der Waals surface area contributed by atoms with Crippen LogP contribution < -0.4 is 0 Å². The number of aromatic nitrogens is 2. The monoisotopic (exact) mass is 206 g/mol. The van der Waals surface area contributed by atoms with Crippen LogP contribution in [0.2, 0.25) is 0 Å². The zero-order chi connectivity index (χ0) is 11.2. The van der Waals surface area contributed by atoms with Crippen LogP contribution in [-0.2, 0) is 18.3 Å². The van der Waals surface area contributed by atoms with Crippen LogP contribution in [-0.4, -0.2) is 9.97 Å². The Kier molecular flexibility index (Phi) is 2.40. The molecule has 2 rings (SSSR count). The maximum absolute atomic E-state index is 4.75. The van der Waals surface area contributed by atoms with E-state index in [9.17, 15) is 0 Å². The van der Waals surface area contributed by atoms with Gasteiger partial charge in [-0.2, -0.15) is 0 Å². The third-order valence-corrected chi connectivity index (χ3v) is 3.59. The van der Waals surface area contributed by atoms with Crippen molar-refractivity contribution in [3.8, 4) is 0 Å². The molecule has 0 aromatic carbocycles. The fourth-order valence-electron chi connectivity index (χ4n) is 2.17. The van der Waals surface area contributed by atoms with Crippen molar-refractivity contribution < 1.29 is 0 Å². The quantitative estimate of drug-likeness (QED) is 0.694. The largest absolute Gasteiger partial charge is 0.345 e. The molecular formula is C13H22N2. The van der Waals surface area contributed by atoms with Crippen molar-refractivity contribution in [3.05, 3.63) is 17.2 Å². The molecule has 0 aliphatic heterocycles. The smallest absolute Gasteiger partial charge is 0.111 e. The third kappa shape index (κ3) is 1.95. The number of H-pyrrole nitrogens is 1. The highest BCUT2D eigenvalue weighted by Gasteiger charge is 2.27. The van der Waals surface area contributed by atoms with Crippen molar-refractivity contribution in [2.75, 3.05) is 0 Å². The molecule has 1 aromatic rings. The van der Waals surface area contributed by atoms with E-state index in [1.807, 2.05) is 0 Å². The summed E-state index contributed by atoms with van der Waals surface area (Å²) in [4.78, 5) is 8.26. The Morgan fingerprint density at radius 3 is 2.33 bits per heavy atom. The molecule has 0 radical (unpaired) electrons. The normalized spacial score (nSPS) is 26.5. The van der Waals surface area contributed by atoms with Crippen LogP contribution in [0.25, 0.3) is 0 Å². The highest BCUT2D eigenvalue weighted by atomic mass is 15.0. The van der Waals surface area contributed by atoms with Crippen molar-refractivity contribution in [3.63, 3.8) is 0 Å². The maximum atomic E-state index is 4.75. The first-order valence-electron chi connectivity index (χ1n) is 5.96. The van der Waals surface area contributed by atoms with Gasteiger partial charge in [0, 0.05) is 11.1 Å². The van der Waals surface area contributed by atoms with Gasteiger partial charge in [0.15, 0.2) is 0 Å². The molecule has 1 N–H and O–H groups in total. The van der Waals surface area contributed by atoms with Crippen molar-refractivity contribution in [2.24, 2.45) is 11.8 Å². The molecule has 1 heterocycles. The van der Waals surface area contributed by atoms with E-state index < -0.39 is 0 Å². The molecule has 0 fully saturated rings. The average Bonchev–Trinajstić information content (AvgIpc) is 2.47. The highest BCUT2D eigenvalue weighted by molar-refractivity contribution is 5.22. The van der Waals surface area contributed by atoms with E-state index in [0.717, 1.165) is 24.1 Å². The number of hydrogen-bond acceptors (Lipinski definition) is 1. The number of nitrogens with one attached hydrogen (secondary N) is 1. The maximum Gasteiger partial charge on any atom is 0.111 e. The number of fused-ring (bicyclic) bond motifs is 1. The summed E-state index contributed by atoms with van der Waals surface area (Å²) in [6.07, 6.45) is 2.31. The summed E-state index contributed by atoms with van der Waals surface area (Å²) in [5, 5.41) is 0. The molecule has 1 aromatic heterocycles. The van der Waals surface area contributed by atoms with Crippen LogP contribution >= 0.6 is 0 Å². The molecule has 2 heteroatoms. The van der Waals surface area contributed by atoms with Crippen LogP contribution in [0, 0.1) is 11.8 Å². The molecule has 2 unspecified atom stereocenters. The molecule has 84 valence electrons. The van der Waals surface area contributed by atoms with Crippen molar-refractivity contribution >= 4 is 0 Å². The minimum atomic E-state index is 0.143. The summed E-state index contributed by atoms with van der Waals surface area (Å²) in [5.74, 6) is 2.70. The fourth-order valence-corrected chi connectivity index (χ4v) is 2.17. The number of imidazole rings is 1. The molecule has 0 bridgehead atoms. The summed E-state index contributed by atoms with van der Waals surface area (Å²) in [5.41, 5.74) is 2.83. The Morgan fingerprint density at radius 1 is 1.13 bits per heavy atom. The van der Waals surface area contributed by atoms with Gasteiger partial charge >= 0.3 is 0 Å². The van der Waals surface area contributed by atoms with E-state index >= 15 is 0 Å². The first kappa shape index (κ1) is 10.7. The van der Waals surface area contributed by atoms with Gasteiger partial charge in [-0.25, -0.2) is 4.98 Å². The Bertz CT molecular complexity index is 330. The van der Waals surface area contributed by atoms with Crippen molar-refractivity contribution in [1.82, 2.24) is 9.97 Å². The van der Waals surface area contributed by atoms with Crippen molar-refractivity contribution in [1.29, 1.82) is 0 Å². The minimum absolute atomic E-state index is 0.143. The van der Waals surface area contributed by atoms with Gasteiger partial charge in [-0.05, 0) is 24.7 Å². The van der Waals surface area contributed by atoms with E-state index in [-0.39, 0.29) is 5.41 Å². The van der Waals surface area contributed by atoms with E-state index in [0.29, 0.717) is 0 Å². The van der Waals surface area contributed by atoms with Crippen LogP contribution in [0.4, 0.5) is 0 Å². The number of hydrogen-bond donors (Lipinski definition) is 1. The summed E-state index contributed by atoms with van der Waals surface area (Å²) in [6, 6.07) is 0. The highest BCUT2D eigenvalue weighted by Crippen LogP contribution is 2.30.